The average Bonchev–Trinajstić information content (AvgIpc) is 2.45. The standard InChI is InChI=1S/C16H17Cl2NO/c1-11(13-6-4-3-5-7-13)19-10-12-8-14(17)16(20-2)15(18)9-12/h3-9,11,19H,10H2,1-2H3. The predicted octanol–water partition coefficient (Wildman–Crippen LogP) is 4.85. The van der Waals surface area contributed by atoms with Crippen LogP contribution in [-0.2, 0) is 6.54 Å². The molecule has 0 amide bonds. The molecule has 0 heterocycles. The van der Waals surface area contributed by atoms with Crippen molar-refractivity contribution in [1.29, 1.82) is 0 Å². The highest BCUT2D eigenvalue weighted by atomic mass is 35.5. The SMILES string of the molecule is COc1c(Cl)cc(CNC(C)c2ccccc2)cc1Cl. The molecule has 1 atom stereocenters. The summed E-state index contributed by atoms with van der Waals surface area (Å²) in [7, 11) is 1.56. The first kappa shape index (κ1) is 15.2. The highest BCUT2D eigenvalue weighted by Crippen LogP contribution is 2.33. The molecule has 20 heavy (non-hydrogen) atoms. The van der Waals surface area contributed by atoms with E-state index in [1.165, 1.54) is 5.56 Å². The van der Waals surface area contributed by atoms with Crippen molar-refractivity contribution < 1.29 is 4.74 Å². The van der Waals surface area contributed by atoms with Crippen molar-refractivity contribution in [2.24, 2.45) is 0 Å². The van der Waals surface area contributed by atoms with Gasteiger partial charge in [0.25, 0.3) is 0 Å². The lowest BCUT2D eigenvalue weighted by molar-refractivity contribution is 0.415. The van der Waals surface area contributed by atoms with E-state index in [-0.39, 0.29) is 6.04 Å². The van der Waals surface area contributed by atoms with Crippen molar-refractivity contribution >= 4 is 23.2 Å². The Balaban J connectivity index is 2.04. The molecule has 0 radical (unpaired) electrons. The molecule has 0 saturated carbocycles. The van der Waals surface area contributed by atoms with Gasteiger partial charge in [0.15, 0.2) is 5.75 Å². The van der Waals surface area contributed by atoms with Gasteiger partial charge in [-0.2, -0.15) is 0 Å². The smallest absolute Gasteiger partial charge is 0.156 e. The molecular formula is C16H17Cl2NO. The first-order valence-electron chi connectivity index (χ1n) is 6.42. The summed E-state index contributed by atoms with van der Waals surface area (Å²) >= 11 is 12.3. The molecule has 2 rings (SSSR count). The van der Waals surface area contributed by atoms with Gasteiger partial charge in [0.05, 0.1) is 17.2 Å². The fraction of sp³-hybridized carbons (Fsp3) is 0.250. The van der Waals surface area contributed by atoms with E-state index < -0.39 is 0 Å². The first-order chi connectivity index (χ1) is 9.61. The van der Waals surface area contributed by atoms with Gasteiger partial charge in [-0.1, -0.05) is 53.5 Å². The minimum Gasteiger partial charge on any atom is -0.494 e. The second-order valence-electron chi connectivity index (χ2n) is 4.61. The summed E-state index contributed by atoms with van der Waals surface area (Å²) in [6, 6.07) is 14.3. The molecule has 0 bridgehead atoms. The van der Waals surface area contributed by atoms with Gasteiger partial charge in [0.1, 0.15) is 0 Å². The third kappa shape index (κ3) is 3.66. The number of hydrogen-bond acceptors (Lipinski definition) is 2. The van der Waals surface area contributed by atoms with E-state index in [1.807, 2.05) is 30.3 Å². The topological polar surface area (TPSA) is 21.3 Å². The van der Waals surface area contributed by atoms with Crippen molar-refractivity contribution in [2.45, 2.75) is 19.5 Å². The second kappa shape index (κ2) is 6.98. The summed E-state index contributed by atoms with van der Waals surface area (Å²) < 4.78 is 5.14. The molecule has 0 saturated heterocycles. The number of methoxy groups -OCH3 is 1. The minimum absolute atomic E-state index is 0.260. The summed E-state index contributed by atoms with van der Waals surface area (Å²) in [5.41, 5.74) is 2.28. The molecule has 0 aliphatic heterocycles. The Morgan fingerprint density at radius 1 is 1.10 bits per heavy atom. The minimum atomic E-state index is 0.260. The summed E-state index contributed by atoms with van der Waals surface area (Å²) in [5, 5.41) is 4.51. The predicted molar refractivity (Wildman–Crippen MR) is 84.7 cm³/mol. The molecule has 2 nitrogen and oxygen atoms in total. The summed E-state index contributed by atoms with van der Waals surface area (Å²) in [6.45, 7) is 2.82. The van der Waals surface area contributed by atoms with E-state index in [4.69, 9.17) is 27.9 Å². The van der Waals surface area contributed by atoms with Crippen LogP contribution in [0.2, 0.25) is 10.0 Å². The Bertz CT molecular complexity index is 549. The number of ether oxygens (including phenoxy) is 1. The Kier molecular flexibility index (Phi) is 5.30. The van der Waals surface area contributed by atoms with Crippen molar-refractivity contribution in [3.8, 4) is 5.75 Å². The fourth-order valence-corrected chi connectivity index (χ4v) is 2.73. The molecular weight excluding hydrogens is 293 g/mol. The van der Waals surface area contributed by atoms with Gasteiger partial charge in [-0.3, -0.25) is 0 Å². The van der Waals surface area contributed by atoms with Crippen molar-refractivity contribution in [3.63, 3.8) is 0 Å². The molecule has 2 aromatic rings. The van der Waals surface area contributed by atoms with Gasteiger partial charge in [-0.15, -0.1) is 0 Å². The van der Waals surface area contributed by atoms with Crippen LogP contribution >= 0.6 is 23.2 Å². The van der Waals surface area contributed by atoms with Crippen LogP contribution in [0.25, 0.3) is 0 Å². The lowest BCUT2D eigenvalue weighted by atomic mass is 10.1. The lowest BCUT2D eigenvalue weighted by Gasteiger charge is -2.15. The van der Waals surface area contributed by atoms with Gasteiger partial charge in [0, 0.05) is 12.6 Å². The van der Waals surface area contributed by atoms with E-state index in [0.717, 1.165) is 5.56 Å². The third-order valence-electron chi connectivity index (χ3n) is 3.17. The van der Waals surface area contributed by atoms with Crippen LogP contribution in [0.4, 0.5) is 0 Å². The van der Waals surface area contributed by atoms with E-state index in [2.05, 4.69) is 24.4 Å². The Labute approximate surface area is 129 Å². The van der Waals surface area contributed by atoms with Crippen LogP contribution < -0.4 is 10.1 Å². The monoisotopic (exact) mass is 309 g/mol. The van der Waals surface area contributed by atoms with E-state index in [0.29, 0.717) is 22.3 Å². The molecule has 1 unspecified atom stereocenters. The zero-order valence-corrected chi connectivity index (χ0v) is 13.0. The van der Waals surface area contributed by atoms with Gasteiger partial charge < -0.3 is 10.1 Å². The summed E-state index contributed by atoms with van der Waals surface area (Å²) in [6.07, 6.45) is 0. The van der Waals surface area contributed by atoms with Gasteiger partial charge in [-0.25, -0.2) is 0 Å². The van der Waals surface area contributed by atoms with E-state index in [9.17, 15) is 0 Å². The lowest BCUT2D eigenvalue weighted by Crippen LogP contribution is -2.18. The zero-order valence-electron chi connectivity index (χ0n) is 11.5. The van der Waals surface area contributed by atoms with Crippen molar-refractivity contribution in [1.82, 2.24) is 5.32 Å². The van der Waals surface area contributed by atoms with Crippen LogP contribution in [0.1, 0.15) is 24.1 Å². The Morgan fingerprint density at radius 2 is 1.70 bits per heavy atom. The summed E-state index contributed by atoms with van der Waals surface area (Å²) in [4.78, 5) is 0. The maximum Gasteiger partial charge on any atom is 0.156 e. The number of benzene rings is 2. The largest absolute Gasteiger partial charge is 0.494 e. The summed E-state index contributed by atoms with van der Waals surface area (Å²) in [5.74, 6) is 0.521. The second-order valence-corrected chi connectivity index (χ2v) is 5.42. The number of hydrogen-bond donors (Lipinski definition) is 1. The van der Waals surface area contributed by atoms with E-state index in [1.54, 1.807) is 7.11 Å². The zero-order chi connectivity index (χ0) is 14.5. The molecule has 4 heteroatoms. The Morgan fingerprint density at radius 3 is 2.25 bits per heavy atom. The van der Waals surface area contributed by atoms with Crippen LogP contribution in [0.5, 0.6) is 5.75 Å². The molecule has 0 aromatic heterocycles. The van der Waals surface area contributed by atoms with Crippen molar-refractivity contribution in [2.75, 3.05) is 7.11 Å². The maximum absolute atomic E-state index is 6.13. The van der Waals surface area contributed by atoms with E-state index >= 15 is 0 Å². The Hall–Kier alpha value is -1.22. The van der Waals surface area contributed by atoms with Crippen LogP contribution in [0, 0.1) is 0 Å². The van der Waals surface area contributed by atoms with Gasteiger partial charge >= 0.3 is 0 Å². The van der Waals surface area contributed by atoms with Crippen LogP contribution in [-0.4, -0.2) is 7.11 Å². The molecule has 0 fully saturated rings. The molecule has 0 aliphatic carbocycles. The van der Waals surface area contributed by atoms with Crippen LogP contribution in [0.3, 0.4) is 0 Å². The first-order valence-corrected chi connectivity index (χ1v) is 7.17. The molecule has 0 spiro atoms. The fourth-order valence-electron chi connectivity index (χ4n) is 2.04. The molecule has 0 aliphatic rings. The normalized spacial score (nSPS) is 12.2. The average molecular weight is 310 g/mol. The van der Waals surface area contributed by atoms with Gasteiger partial charge in [0.2, 0.25) is 0 Å². The molecule has 2 aromatic carbocycles. The highest BCUT2D eigenvalue weighted by molar-refractivity contribution is 6.37. The number of rotatable bonds is 5. The van der Waals surface area contributed by atoms with Crippen molar-refractivity contribution in [3.05, 3.63) is 63.6 Å². The van der Waals surface area contributed by atoms with Gasteiger partial charge in [-0.05, 0) is 30.2 Å². The highest BCUT2D eigenvalue weighted by Gasteiger charge is 2.10. The molecule has 1 N–H and O–H groups in total. The van der Waals surface area contributed by atoms with Crippen LogP contribution in [0.15, 0.2) is 42.5 Å². The third-order valence-corrected chi connectivity index (χ3v) is 3.74. The maximum atomic E-state index is 6.13. The number of nitrogens with one attached hydrogen (secondary N) is 1. The number of halogens is 2. The quantitative estimate of drug-likeness (QED) is 0.852. The molecule has 106 valence electrons.